The second-order valence-corrected chi connectivity index (χ2v) is 4.10. The molecule has 1 fully saturated rings. The van der Waals surface area contributed by atoms with Gasteiger partial charge in [0.25, 0.3) is 0 Å². The molecule has 0 aliphatic heterocycles. The average Bonchev–Trinajstić information content (AvgIpc) is 2.64. The first-order valence-electron chi connectivity index (χ1n) is 5.15. The van der Waals surface area contributed by atoms with Crippen LogP contribution in [0.15, 0.2) is 24.3 Å². The Kier molecular flexibility index (Phi) is 2.74. The fourth-order valence-corrected chi connectivity index (χ4v) is 2.04. The molecule has 4 heteroatoms. The molecule has 0 N–H and O–H groups in total. The molecule has 1 nitrogen and oxygen atoms in total. The van der Waals surface area contributed by atoms with Crippen LogP contribution < -0.4 is 0 Å². The van der Waals surface area contributed by atoms with Gasteiger partial charge in [0.1, 0.15) is 5.78 Å². The van der Waals surface area contributed by atoms with Crippen molar-refractivity contribution in [2.45, 2.75) is 31.4 Å². The van der Waals surface area contributed by atoms with Crippen LogP contribution in [0.5, 0.6) is 0 Å². The minimum Gasteiger partial charge on any atom is -0.300 e. The zero-order valence-corrected chi connectivity index (χ0v) is 8.55. The summed E-state index contributed by atoms with van der Waals surface area (Å²) in [6.45, 7) is 0. The van der Waals surface area contributed by atoms with Crippen molar-refractivity contribution >= 4 is 5.78 Å². The van der Waals surface area contributed by atoms with Gasteiger partial charge in [0, 0.05) is 12.8 Å². The molecule has 1 atom stereocenters. The Labute approximate surface area is 91.3 Å². The Bertz CT molecular complexity index is 392. The van der Waals surface area contributed by atoms with Gasteiger partial charge in [-0.05, 0) is 30.0 Å². The lowest BCUT2D eigenvalue weighted by molar-refractivity contribution is -0.137. The molecule has 1 aliphatic carbocycles. The lowest BCUT2D eigenvalue weighted by Gasteiger charge is -2.11. The number of carbonyl (C=O) groups excluding carboxylic acids is 1. The van der Waals surface area contributed by atoms with E-state index in [1.54, 1.807) is 0 Å². The maximum atomic E-state index is 12.3. The van der Waals surface area contributed by atoms with E-state index < -0.39 is 11.7 Å². The zero-order chi connectivity index (χ0) is 11.8. The molecule has 1 aromatic rings. The molecule has 0 bridgehead atoms. The smallest absolute Gasteiger partial charge is 0.300 e. The standard InChI is InChI=1S/C12H11F3O/c13-12(14,15)10-4-1-8(2-5-10)9-3-6-11(16)7-9/h1-2,4-5,9H,3,6-7H2/t9-/m0/s1. The quantitative estimate of drug-likeness (QED) is 0.718. The van der Waals surface area contributed by atoms with Crippen molar-refractivity contribution < 1.29 is 18.0 Å². The molecule has 1 aromatic carbocycles. The monoisotopic (exact) mass is 228 g/mol. The summed E-state index contributed by atoms with van der Waals surface area (Å²) in [5, 5.41) is 0. The summed E-state index contributed by atoms with van der Waals surface area (Å²) in [7, 11) is 0. The Morgan fingerprint density at radius 2 is 1.75 bits per heavy atom. The molecule has 0 spiro atoms. The lowest BCUT2D eigenvalue weighted by atomic mass is 9.96. The third-order valence-corrected chi connectivity index (χ3v) is 2.96. The summed E-state index contributed by atoms with van der Waals surface area (Å²) < 4.78 is 36.9. The van der Waals surface area contributed by atoms with Gasteiger partial charge in [-0.2, -0.15) is 13.2 Å². The molecule has 0 heterocycles. The third-order valence-electron chi connectivity index (χ3n) is 2.96. The van der Waals surface area contributed by atoms with Crippen molar-refractivity contribution in [1.29, 1.82) is 0 Å². The number of hydrogen-bond donors (Lipinski definition) is 0. The number of hydrogen-bond acceptors (Lipinski definition) is 1. The molecule has 0 saturated heterocycles. The van der Waals surface area contributed by atoms with Crippen LogP contribution in [0.4, 0.5) is 13.2 Å². The number of alkyl halides is 3. The van der Waals surface area contributed by atoms with Crippen molar-refractivity contribution in [3.63, 3.8) is 0 Å². The molecule has 0 unspecified atom stereocenters. The van der Waals surface area contributed by atoms with Gasteiger partial charge >= 0.3 is 6.18 Å². The van der Waals surface area contributed by atoms with Gasteiger partial charge in [-0.15, -0.1) is 0 Å². The normalized spacial score (nSPS) is 21.4. The highest BCUT2D eigenvalue weighted by Gasteiger charge is 2.30. The van der Waals surface area contributed by atoms with Crippen LogP contribution in [-0.2, 0) is 11.0 Å². The van der Waals surface area contributed by atoms with Gasteiger partial charge < -0.3 is 0 Å². The van der Waals surface area contributed by atoms with Crippen LogP contribution in [-0.4, -0.2) is 5.78 Å². The molecule has 0 amide bonds. The van der Waals surface area contributed by atoms with Gasteiger partial charge in [-0.1, -0.05) is 12.1 Å². The number of rotatable bonds is 1. The van der Waals surface area contributed by atoms with Crippen LogP contribution in [0.2, 0.25) is 0 Å². The molecule has 0 aromatic heterocycles. The first-order chi connectivity index (χ1) is 7.47. The van der Waals surface area contributed by atoms with E-state index in [-0.39, 0.29) is 11.7 Å². The Morgan fingerprint density at radius 3 is 2.19 bits per heavy atom. The molecule has 86 valence electrons. The maximum absolute atomic E-state index is 12.3. The van der Waals surface area contributed by atoms with Gasteiger partial charge in [-0.25, -0.2) is 0 Å². The van der Waals surface area contributed by atoms with Gasteiger partial charge in [0.05, 0.1) is 5.56 Å². The highest BCUT2D eigenvalue weighted by molar-refractivity contribution is 5.81. The van der Waals surface area contributed by atoms with Crippen molar-refractivity contribution in [2.24, 2.45) is 0 Å². The fraction of sp³-hybridized carbons (Fsp3) is 0.417. The van der Waals surface area contributed by atoms with Crippen molar-refractivity contribution in [3.8, 4) is 0 Å². The van der Waals surface area contributed by atoms with Crippen LogP contribution in [0.25, 0.3) is 0 Å². The summed E-state index contributed by atoms with van der Waals surface area (Å²) >= 11 is 0. The summed E-state index contributed by atoms with van der Waals surface area (Å²) in [6.07, 6.45) is -2.52. The molecule has 1 aliphatic rings. The minimum atomic E-state index is -4.29. The van der Waals surface area contributed by atoms with E-state index in [1.807, 2.05) is 0 Å². The molecule has 2 rings (SSSR count). The van der Waals surface area contributed by atoms with Crippen LogP contribution in [0.3, 0.4) is 0 Å². The SMILES string of the molecule is O=C1CC[C@H](c2ccc(C(F)(F)F)cc2)C1. The molecular weight excluding hydrogens is 217 g/mol. The van der Waals surface area contributed by atoms with E-state index in [9.17, 15) is 18.0 Å². The van der Waals surface area contributed by atoms with Crippen molar-refractivity contribution in [2.75, 3.05) is 0 Å². The zero-order valence-electron chi connectivity index (χ0n) is 8.55. The second-order valence-electron chi connectivity index (χ2n) is 4.10. The Balaban J connectivity index is 2.17. The predicted octanol–water partition coefficient (Wildman–Crippen LogP) is 3.54. The van der Waals surface area contributed by atoms with E-state index in [1.165, 1.54) is 12.1 Å². The van der Waals surface area contributed by atoms with Crippen molar-refractivity contribution in [3.05, 3.63) is 35.4 Å². The first-order valence-corrected chi connectivity index (χ1v) is 5.15. The maximum Gasteiger partial charge on any atom is 0.416 e. The van der Waals surface area contributed by atoms with Crippen LogP contribution in [0.1, 0.15) is 36.3 Å². The van der Waals surface area contributed by atoms with E-state index in [4.69, 9.17) is 0 Å². The van der Waals surface area contributed by atoms with Gasteiger partial charge in [0.2, 0.25) is 0 Å². The van der Waals surface area contributed by atoms with Crippen LogP contribution >= 0.6 is 0 Å². The minimum absolute atomic E-state index is 0.106. The highest BCUT2D eigenvalue weighted by atomic mass is 19.4. The Morgan fingerprint density at radius 1 is 1.12 bits per heavy atom. The predicted molar refractivity (Wildman–Crippen MR) is 53.0 cm³/mol. The topological polar surface area (TPSA) is 17.1 Å². The van der Waals surface area contributed by atoms with E-state index in [2.05, 4.69) is 0 Å². The van der Waals surface area contributed by atoms with E-state index in [0.29, 0.717) is 12.8 Å². The fourth-order valence-electron chi connectivity index (χ4n) is 2.04. The van der Waals surface area contributed by atoms with E-state index in [0.717, 1.165) is 24.1 Å². The molecular formula is C12H11F3O. The third kappa shape index (κ3) is 2.26. The largest absolute Gasteiger partial charge is 0.416 e. The first kappa shape index (κ1) is 11.2. The van der Waals surface area contributed by atoms with Gasteiger partial charge in [-0.3, -0.25) is 4.79 Å². The summed E-state index contributed by atoms with van der Waals surface area (Å²) in [6, 6.07) is 5.12. The highest BCUT2D eigenvalue weighted by Crippen LogP contribution is 2.34. The number of Topliss-reactive ketones (excluding diaryl/α,β-unsaturated/α-hetero) is 1. The van der Waals surface area contributed by atoms with Crippen molar-refractivity contribution in [1.82, 2.24) is 0 Å². The number of benzene rings is 1. The van der Waals surface area contributed by atoms with Gasteiger partial charge in [0.15, 0.2) is 0 Å². The summed E-state index contributed by atoms with van der Waals surface area (Å²) in [5.41, 5.74) is 0.194. The average molecular weight is 228 g/mol. The summed E-state index contributed by atoms with van der Waals surface area (Å²) in [4.78, 5) is 11.1. The number of halogens is 3. The molecule has 16 heavy (non-hydrogen) atoms. The molecule has 0 radical (unpaired) electrons. The Hall–Kier alpha value is -1.32. The van der Waals surface area contributed by atoms with Crippen LogP contribution in [0, 0.1) is 0 Å². The lowest BCUT2D eigenvalue weighted by Crippen LogP contribution is -2.05. The second kappa shape index (κ2) is 3.92. The van der Waals surface area contributed by atoms with E-state index >= 15 is 0 Å². The molecule has 1 saturated carbocycles. The number of ketones is 1. The number of carbonyl (C=O) groups is 1. The summed E-state index contributed by atoms with van der Waals surface area (Å²) in [5.74, 6) is 0.305.